The summed E-state index contributed by atoms with van der Waals surface area (Å²) in [6.07, 6.45) is -5.01. The lowest BCUT2D eigenvalue weighted by Crippen LogP contribution is -2.36. The van der Waals surface area contributed by atoms with Crippen LogP contribution in [0.15, 0.2) is 18.2 Å². The van der Waals surface area contributed by atoms with Gasteiger partial charge < -0.3 is 14.8 Å². The molecule has 23 heavy (non-hydrogen) atoms. The van der Waals surface area contributed by atoms with Crippen LogP contribution in [0.5, 0.6) is 0 Å². The predicted octanol–water partition coefficient (Wildman–Crippen LogP) is 4.05. The molecule has 0 saturated heterocycles. The van der Waals surface area contributed by atoms with Gasteiger partial charge in [-0.05, 0) is 28.7 Å². The lowest BCUT2D eigenvalue weighted by Gasteiger charge is -2.27. The minimum atomic E-state index is -4.40. The lowest BCUT2D eigenvalue weighted by molar-refractivity contribution is -0.137. The standard InChI is InChI=1S/C16H20F3NO3/c1-15(2,3)9-23-14(21)20-13-8-22-7-10-6-11(16(17,18)19)4-5-12(10)13/h4-6,13H,7-9H2,1-3H3,(H,20,21). The molecule has 1 heterocycles. The number of hydrogen-bond acceptors (Lipinski definition) is 3. The molecule has 1 aliphatic heterocycles. The molecule has 128 valence electrons. The molecular weight excluding hydrogens is 311 g/mol. The Hall–Kier alpha value is -1.76. The van der Waals surface area contributed by atoms with Crippen molar-refractivity contribution in [2.45, 2.75) is 39.6 Å². The first-order valence-electron chi connectivity index (χ1n) is 7.27. The van der Waals surface area contributed by atoms with Crippen LogP contribution in [0.1, 0.15) is 43.5 Å². The van der Waals surface area contributed by atoms with E-state index < -0.39 is 23.9 Å². The third-order valence-electron chi connectivity index (χ3n) is 3.32. The van der Waals surface area contributed by atoms with Crippen molar-refractivity contribution in [2.24, 2.45) is 5.41 Å². The first kappa shape index (κ1) is 17.6. The molecule has 0 aromatic heterocycles. The zero-order valence-electron chi connectivity index (χ0n) is 13.3. The third-order valence-corrected chi connectivity index (χ3v) is 3.32. The maximum atomic E-state index is 12.7. The Morgan fingerprint density at radius 3 is 2.65 bits per heavy atom. The average Bonchev–Trinajstić information content (AvgIpc) is 2.43. The highest BCUT2D eigenvalue weighted by Crippen LogP contribution is 2.33. The molecule has 0 spiro atoms. The summed E-state index contributed by atoms with van der Waals surface area (Å²) in [6.45, 7) is 6.32. The predicted molar refractivity (Wildman–Crippen MR) is 77.8 cm³/mol. The van der Waals surface area contributed by atoms with Crippen molar-refractivity contribution in [3.8, 4) is 0 Å². The van der Waals surface area contributed by atoms with E-state index in [0.717, 1.165) is 12.1 Å². The molecule has 1 aromatic carbocycles. The van der Waals surface area contributed by atoms with Gasteiger partial charge in [0.05, 0.1) is 31.4 Å². The highest BCUT2D eigenvalue weighted by molar-refractivity contribution is 5.68. The normalized spacial score (nSPS) is 18.3. The first-order valence-corrected chi connectivity index (χ1v) is 7.27. The number of alkyl halides is 3. The zero-order valence-corrected chi connectivity index (χ0v) is 13.3. The Balaban J connectivity index is 2.08. The largest absolute Gasteiger partial charge is 0.449 e. The molecule has 0 saturated carbocycles. The molecule has 1 unspecified atom stereocenters. The van der Waals surface area contributed by atoms with Crippen LogP contribution >= 0.6 is 0 Å². The second kappa shape index (κ2) is 6.39. The van der Waals surface area contributed by atoms with Gasteiger partial charge in [-0.15, -0.1) is 0 Å². The number of halogens is 3. The molecule has 1 N–H and O–H groups in total. The van der Waals surface area contributed by atoms with Crippen molar-refractivity contribution in [1.82, 2.24) is 5.32 Å². The quantitative estimate of drug-likeness (QED) is 0.889. The minimum absolute atomic E-state index is 0.0917. The number of benzene rings is 1. The van der Waals surface area contributed by atoms with Gasteiger partial charge in [0.1, 0.15) is 0 Å². The van der Waals surface area contributed by atoms with Crippen LogP contribution < -0.4 is 5.32 Å². The highest BCUT2D eigenvalue weighted by Gasteiger charge is 2.32. The van der Waals surface area contributed by atoms with Gasteiger partial charge in [-0.2, -0.15) is 13.2 Å². The maximum absolute atomic E-state index is 12.7. The summed E-state index contributed by atoms with van der Waals surface area (Å²) in [5.74, 6) is 0. The number of carbonyl (C=O) groups excluding carboxylic acids is 1. The van der Waals surface area contributed by atoms with Gasteiger partial charge in [-0.25, -0.2) is 4.79 Å². The average molecular weight is 331 g/mol. The van der Waals surface area contributed by atoms with Crippen molar-refractivity contribution >= 4 is 6.09 Å². The number of hydrogen-bond donors (Lipinski definition) is 1. The smallest absolute Gasteiger partial charge is 0.416 e. The van der Waals surface area contributed by atoms with E-state index >= 15 is 0 Å². The van der Waals surface area contributed by atoms with Gasteiger partial charge in [0.2, 0.25) is 0 Å². The molecule has 1 amide bonds. The molecule has 1 aromatic rings. The summed E-state index contributed by atoms with van der Waals surface area (Å²) in [6, 6.07) is 2.94. The van der Waals surface area contributed by atoms with Gasteiger partial charge in [-0.1, -0.05) is 26.8 Å². The Labute approximate surface area is 133 Å². The molecule has 1 aliphatic rings. The van der Waals surface area contributed by atoms with Crippen molar-refractivity contribution < 1.29 is 27.4 Å². The van der Waals surface area contributed by atoms with Crippen molar-refractivity contribution in [3.05, 3.63) is 34.9 Å². The molecule has 7 heteroatoms. The Morgan fingerprint density at radius 1 is 1.35 bits per heavy atom. The van der Waals surface area contributed by atoms with Crippen LogP contribution in [-0.4, -0.2) is 19.3 Å². The Morgan fingerprint density at radius 2 is 2.04 bits per heavy atom. The number of alkyl carbamates (subject to hydrolysis) is 1. The summed E-state index contributed by atoms with van der Waals surface area (Å²) in [7, 11) is 0. The van der Waals surface area contributed by atoms with Crippen LogP contribution in [0.3, 0.4) is 0 Å². The van der Waals surface area contributed by atoms with Gasteiger partial charge in [0.25, 0.3) is 0 Å². The molecule has 2 rings (SSSR count). The Bertz CT molecular complexity index is 579. The highest BCUT2D eigenvalue weighted by atomic mass is 19.4. The summed E-state index contributed by atoms with van der Waals surface area (Å²) in [5, 5.41) is 2.64. The van der Waals surface area contributed by atoms with Gasteiger partial charge in [0, 0.05) is 0 Å². The second-order valence-corrected chi connectivity index (χ2v) is 6.76. The van der Waals surface area contributed by atoms with Crippen LogP contribution in [0.4, 0.5) is 18.0 Å². The molecule has 1 atom stereocenters. The van der Waals surface area contributed by atoms with Gasteiger partial charge >= 0.3 is 12.3 Å². The first-order chi connectivity index (χ1) is 10.6. The topological polar surface area (TPSA) is 47.6 Å². The van der Waals surface area contributed by atoms with Gasteiger partial charge in [0.15, 0.2) is 0 Å². The molecule has 0 fully saturated rings. The van der Waals surface area contributed by atoms with Crippen LogP contribution in [0.2, 0.25) is 0 Å². The minimum Gasteiger partial charge on any atom is -0.449 e. The van der Waals surface area contributed by atoms with Crippen molar-refractivity contribution in [2.75, 3.05) is 13.2 Å². The summed E-state index contributed by atoms with van der Waals surface area (Å²) in [4.78, 5) is 11.8. The lowest BCUT2D eigenvalue weighted by atomic mass is 9.96. The third kappa shape index (κ3) is 4.86. The van der Waals surface area contributed by atoms with Crippen LogP contribution in [0.25, 0.3) is 0 Å². The van der Waals surface area contributed by atoms with Crippen LogP contribution in [0, 0.1) is 5.41 Å². The number of carbonyl (C=O) groups is 1. The van der Waals surface area contributed by atoms with Crippen LogP contribution in [-0.2, 0) is 22.3 Å². The van der Waals surface area contributed by atoms with Gasteiger partial charge in [-0.3, -0.25) is 0 Å². The second-order valence-electron chi connectivity index (χ2n) is 6.76. The van der Waals surface area contributed by atoms with E-state index in [9.17, 15) is 18.0 Å². The van der Waals surface area contributed by atoms with Crippen molar-refractivity contribution in [1.29, 1.82) is 0 Å². The van der Waals surface area contributed by atoms with E-state index in [-0.39, 0.29) is 25.2 Å². The van der Waals surface area contributed by atoms with E-state index in [1.165, 1.54) is 6.07 Å². The van der Waals surface area contributed by atoms with E-state index in [1.807, 2.05) is 20.8 Å². The summed E-state index contributed by atoms with van der Waals surface area (Å²) in [5.41, 5.74) is 0.153. The van der Waals surface area contributed by atoms with E-state index in [2.05, 4.69) is 5.32 Å². The van der Waals surface area contributed by atoms with E-state index in [0.29, 0.717) is 11.1 Å². The maximum Gasteiger partial charge on any atom is 0.416 e. The fourth-order valence-electron chi connectivity index (χ4n) is 2.21. The Kier molecular flexibility index (Phi) is 4.89. The molecular formula is C16H20F3NO3. The number of fused-ring (bicyclic) bond motifs is 1. The number of nitrogens with one attached hydrogen (secondary N) is 1. The number of amides is 1. The molecule has 0 radical (unpaired) electrons. The summed E-state index contributed by atoms with van der Waals surface area (Å²) >= 11 is 0. The SMILES string of the molecule is CC(C)(C)COC(=O)NC1COCc2cc(C(F)(F)F)ccc21. The number of ether oxygens (including phenoxy) is 2. The fraction of sp³-hybridized carbons (Fsp3) is 0.562. The van der Waals surface area contributed by atoms with E-state index in [4.69, 9.17) is 9.47 Å². The number of rotatable bonds is 2. The molecule has 4 nitrogen and oxygen atoms in total. The zero-order chi connectivity index (χ0) is 17.3. The monoisotopic (exact) mass is 331 g/mol. The van der Waals surface area contributed by atoms with E-state index in [1.54, 1.807) is 0 Å². The molecule has 0 aliphatic carbocycles. The molecule has 0 bridgehead atoms. The summed E-state index contributed by atoms with van der Waals surface area (Å²) < 4.78 is 48.6. The fourth-order valence-corrected chi connectivity index (χ4v) is 2.21. The van der Waals surface area contributed by atoms with Crippen molar-refractivity contribution in [3.63, 3.8) is 0 Å².